The molecule has 0 fully saturated rings. The Morgan fingerprint density at radius 2 is 1.93 bits per heavy atom. The van der Waals surface area contributed by atoms with E-state index in [0.717, 1.165) is 0 Å². The molecule has 0 aromatic carbocycles. The average molecular weight is 223 g/mol. The van der Waals surface area contributed by atoms with Crippen LogP contribution in [0.3, 0.4) is 0 Å². The van der Waals surface area contributed by atoms with Crippen LogP contribution in [0.15, 0.2) is 0 Å². The third kappa shape index (κ3) is 5.97. The summed E-state index contributed by atoms with van der Waals surface area (Å²) in [5, 5.41) is 17.1. The Morgan fingerprint density at radius 3 is 2.33 bits per heavy atom. The standard InChI is InChI=1S/C8H14FNO5/c9-2-1-3-15-6(8(13)14)4-5(10)7(11)12/h5-6H,1-4,10H2,(H,11,12)(H,13,14)/t5?,6-/m0/s1. The molecule has 0 aliphatic heterocycles. The fraction of sp³-hybridized carbons (Fsp3) is 0.750. The number of hydrogen-bond donors (Lipinski definition) is 3. The molecule has 1 unspecified atom stereocenters. The average Bonchev–Trinajstić information content (AvgIpc) is 2.15. The fourth-order valence-corrected chi connectivity index (χ4v) is 0.852. The van der Waals surface area contributed by atoms with Crippen molar-refractivity contribution in [1.82, 2.24) is 0 Å². The quantitative estimate of drug-likeness (QED) is 0.484. The molecular formula is C8H14FNO5. The minimum atomic E-state index is -1.30. The number of hydrogen-bond acceptors (Lipinski definition) is 4. The Morgan fingerprint density at radius 1 is 1.33 bits per heavy atom. The highest BCUT2D eigenvalue weighted by molar-refractivity contribution is 5.76. The third-order valence-corrected chi connectivity index (χ3v) is 1.66. The van der Waals surface area contributed by atoms with Crippen molar-refractivity contribution in [3.05, 3.63) is 0 Å². The number of nitrogens with two attached hydrogens (primary N) is 1. The molecular weight excluding hydrogens is 209 g/mol. The van der Waals surface area contributed by atoms with E-state index in [4.69, 9.17) is 20.7 Å². The van der Waals surface area contributed by atoms with E-state index in [-0.39, 0.29) is 19.4 Å². The molecule has 0 heterocycles. The van der Waals surface area contributed by atoms with Gasteiger partial charge in [0, 0.05) is 6.42 Å². The van der Waals surface area contributed by atoms with E-state index in [1.807, 2.05) is 0 Å². The van der Waals surface area contributed by atoms with Crippen LogP contribution in [-0.4, -0.2) is 47.6 Å². The number of halogens is 1. The minimum absolute atomic E-state index is 0.0696. The molecule has 0 aromatic heterocycles. The summed E-state index contributed by atoms with van der Waals surface area (Å²) in [6, 6.07) is -1.29. The molecule has 0 aliphatic carbocycles. The van der Waals surface area contributed by atoms with Gasteiger partial charge in [0.1, 0.15) is 6.04 Å². The van der Waals surface area contributed by atoms with E-state index >= 15 is 0 Å². The van der Waals surface area contributed by atoms with E-state index in [1.165, 1.54) is 0 Å². The van der Waals surface area contributed by atoms with E-state index in [1.54, 1.807) is 0 Å². The Bertz CT molecular complexity index is 223. The van der Waals surface area contributed by atoms with E-state index in [0.29, 0.717) is 0 Å². The number of ether oxygens (including phenoxy) is 1. The van der Waals surface area contributed by atoms with E-state index < -0.39 is 30.8 Å². The second-order valence-corrected chi connectivity index (χ2v) is 2.92. The summed E-state index contributed by atoms with van der Waals surface area (Å²) in [4.78, 5) is 20.9. The SMILES string of the molecule is NC(C[C@H](OCCCF)C(=O)O)C(=O)O. The summed E-state index contributed by atoms with van der Waals surface area (Å²) >= 11 is 0. The van der Waals surface area contributed by atoms with Crippen molar-refractivity contribution in [3.63, 3.8) is 0 Å². The Labute approximate surface area is 85.8 Å². The summed E-state index contributed by atoms with van der Waals surface area (Å²) in [5.41, 5.74) is 5.14. The molecule has 0 bridgehead atoms. The maximum atomic E-state index is 11.7. The Kier molecular flexibility index (Phi) is 6.56. The second-order valence-electron chi connectivity index (χ2n) is 2.92. The molecule has 0 aliphatic rings. The number of carbonyl (C=O) groups is 2. The fourth-order valence-electron chi connectivity index (χ4n) is 0.852. The van der Waals surface area contributed by atoms with Crippen LogP contribution in [0.2, 0.25) is 0 Å². The monoisotopic (exact) mass is 223 g/mol. The molecule has 2 atom stereocenters. The molecule has 88 valence electrons. The largest absolute Gasteiger partial charge is 0.480 e. The zero-order valence-corrected chi connectivity index (χ0v) is 8.06. The highest BCUT2D eigenvalue weighted by Gasteiger charge is 2.24. The zero-order chi connectivity index (χ0) is 11.8. The van der Waals surface area contributed by atoms with Crippen molar-refractivity contribution < 1.29 is 28.9 Å². The molecule has 15 heavy (non-hydrogen) atoms. The van der Waals surface area contributed by atoms with Crippen molar-refractivity contribution in [2.75, 3.05) is 13.3 Å². The molecule has 7 heteroatoms. The van der Waals surface area contributed by atoms with Gasteiger partial charge in [0.2, 0.25) is 0 Å². The van der Waals surface area contributed by atoms with Crippen molar-refractivity contribution in [3.8, 4) is 0 Å². The van der Waals surface area contributed by atoms with Crippen LogP contribution in [0.5, 0.6) is 0 Å². The predicted molar refractivity (Wildman–Crippen MR) is 48.2 cm³/mol. The van der Waals surface area contributed by atoms with Crippen molar-refractivity contribution in [1.29, 1.82) is 0 Å². The lowest BCUT2D eigenvalue weighted by Crippen LogP contribution is -2.38. The predicted octanol–water partition coefficient (Wildman–Crippen LogP) is -0.382. The smallest absolute Gasteiger partial charge is 0.332 e. The third-order valence-electron chi connectivity index (χ3n) is 1.66. The van der Waals surface area contributed by atoms with Gasteiger partial charge in [-0.05, 0) is 6.42 Å². The van der Waals surface area contributed by atoms with E-state index in [2.05, 4.69) is 0 Å². The van der Waals surface area contributed by atoms with Crippen LogP contribution in [0.4, 0.5) is 4.39 Å². The Balaban J connectivity index is 4.04. The van der Waals surface area contributed by atoms with Crippen LogP contribution in [0.1, 0.15) is 12.8 Å². The molecule has 0 spiro atoms. The van der Waals surface area contributed by atoms with Crippen LogP contribution in [0, 0.1) is 0 Å². The summed E-state index contributed by atoms with van der Waals surface area (Å²) in [5.74, 6) is -2.60. The first-order valence-corrected chi connectivity index (χ1v) is 4.37. The number of carboxylic acid groups (broad SMARTS) is 2. The highest BCUT2D eigenvalue weighted by Crippen LogP contribution is 2.03. The molecule has 0 rings (SSSR count). The summed E-state index contributed by atoms with van der Waals surface area (Å²) in [6.07, 6.45) is -1.56. The van der Waals surface area contributed by atoms with Crippen LogP contribution >= 0.6 is 0 Å². The number of carboxylic acids is 2. The molecule has 0 aromatic rings. The van der Waals surface area contributed by atoms with Crippen LogP contribution in [-0.2, 0) is 14.3 Å². The second kappa shape index (κ2) is 7.13. The number of aliphatic carboxylic acids is 2. The molecule has 0 saturated heterocycles. The number of alkyl halides is 1. The van der Waals surface area contributed by atoms with Gasteiger partial charge in [-0.2, -0.15) is 0 Å². The first kappa shape index (κ1) is 13.8. The lowest BCUT2D eigenvalue weighted by molar-refractivity contribution is -0.152. The van der Waals surface area contributed by atoms with Crippen LogP contribution in [0.25, 0.3) is 0 Å². The van der Waals surface area contributed by atoms with Gasteiger partial charge >= 0.3 is 11.9 Å². The van der Waals surface area contributed by atoms with Gasteiger partial charge in [0.15, 0.2) is 6.10 Å². The van der Waals surface area contributed by atoms with Gasteiger partial charge in [0.25, 0.3) is 0 Å². The van der Waals surface area contributed by atoms with Gasteiger partial charge < -0.3 is 20.7 Å². The number of rotatable bonds is 8. The topological polar surface area (TPSA) is 110 Å². The highest BCUT2D eigenvalue weighted by atomic mass is 19.1. The normalized spacial score (nSPS) is 14.5. The summed E-state index contributed by atoms with van der Waals surface area (Å²) in [7, 11) is 0. The molecule has 0 amide bonds. The lowest BCUT2D eigenvalue weighted by Gasteiger charge is -2.15. The molecule has 6 nitrogen and oxygen atoms in total. The van der Waals surface area contributed by atoms with Gasteiger partial charge in [-0.3, -0.25) is 9.18 Å². The van der Waals surface area contributed by atoms with Crippen LogP contribution < -0.4 is 5.73 Å². The lowest BCUT2D eigenvalue weighted by atomic mass is 10.1. The first-order valence-electron chi connectivity index (χ1n) is 4.37. The van der Waals surface area contributed by atoms with Crippen molar-refractivity contribution in [2.24, 2.45) is 5.73 Å². The zero-order valence-electron chi connectivity index (χ0n) is 8.06. The molecule has 4 N–H and O–H groups in total. The Hall–Kier alpha value is -1.21. The molecule has 0 radical (unpaired) electrons. The van der Waals surface area contributed by atoms with E-state index in [9.17, 15) is 14.0 Å². The summed E-state index contributed by atoms with van der Waals surface area (Å²) in [6.45, 7) is -0.683. The van der Waals surface area contributed by atoms with Crippen molar-refractivity contribution in [2.45, 2.75) is 25.0 Å². The van der Waals surface area contributed by atoms with Gasteiger partial charge in [-0.25, -0.2) is 4.79 Å². The maximum absolute atomic E-state index is 11.7. The first-order chi connectivity index (χ1) is 6.99. The van der Waals surface area contributed by atoms with Crippen molar-refractivity contribution >= 4 is 11.9 Å². The van der Waals surface area contributed by atoms with Gasteiger partial charge in [-0.15, -0.1) is 0 Å². The molecule has 0 saturated carbocycles. The maximum Gasteiger partial charge on any atom is 0.332 e. The summed E-state index contributed by atoms with van der Waals surface area (Å²) < 4.78 is 16.5. The van der Waals surface area contributed by atoms with Gasteiger partial charge in [-0.1, -0.05) is 0 Å². The minimum Gasteiger partial charge on any atom is -0.480 e. The van der Waals surface area contributed by atoms with Gasteiger partial charge in [0.05, 0.1) is 13.3 Å².